The van der Waals surface area contributed by atoms with Crippen LogP contribution in [0.4, 0.5) is 17.1 Å². The molecule has 11 rings (SSSR count). The van der Waals surface area contributed by atoms with Crippen LogP contribution in [-0.2, 0) is 5.41 Å². The molecule has 1 nitrogen and oxygen atoms in total. The lowest BCUT2D eigenvalue weighted by Crippen LogP contribution is -2.28. The second-order valence-corrected chi connectivity index (χ2v) is 16.8. The quantitative estimate of drug-likeness (QED) is 0.163. The van der Waals surface area contributed by atoms with Crippen molar-refractivity contribution in [3.05, 3.63) is 185 Å². The van der Waals surface area contributed by atoms with E-state index in [0.29, 0.717) is 0 Å². The van der Waals surface area contributed by atoms with Gasteiger partial charge in [-0.05, 0) is 143 Å². The summed E-state index contributed by atoms with van der Waals surface area (Å²) in [6, 6.07) is 58.2. The largest absolute Gasteiger partial charge is 0.310 e. The highest BCUT2D eigenvalue weighted by Gasteiger charge is 2.47. The minimum Gasteiger partial charge on any atom is -0.310 e. The fourth-order valence-electron chi connectivity index (χ4n) is 12.1. The van der Waals surface area contributed by atoms with Gasteiger partial charge in [-0.2, -0.15) is 0 Å². The average molecular weight is 674 g/mol. The Morgan fingerprint density at radius 1 is 0.423 bits per heavy atom. The SMILES string of the molecule is c1ccc(C2(c3ccccc3)c3ccccc3-c3c(N(c4ccc(C5CC6CCC5C6)cc4)c4ccc(C5CC6CCC5C6)cc4)cccc32)cc1. The van der Waals surface area contributed by atoms with E-state index in [1.807, 2.05) is 0 Å². The first-order valence-corrected chi connectivity index (χ1v) is 20.1. The van der Waals surface area contributed by atoms with Crippen molar-refractivity contribution in [2.24, 2.45) is 23.7 Å². The molecule has 4 bridgehead atoms. The topological polar surface area (TPSA) is 3.24 Å². The van der Waals surface area contributed by atoms with Crippen molar-refractivity contribution in [3.63, 3.8) is 0 Å². The van der Waals surface area contributed by atoms with Crippen LogP contribution >= 0.6 is 0 Å². The summed E-state index contributed by atoms with van der Waals surface area (Å²) in [5, 5.41) is 0. The van der Waals surface area contributed by atoms with Crippen LogP contribution in [0.2, 0.25) is 0 Å². The van der Waals surface area contributed by atoms with Crippen molar-refractivity contribution in [2.75, 3.05) is 4.90 Å². The highest BCUT2D eigenvalue weighted by molar-refractivity contribution is 5.97. The van der Waals surface area contributed by atoms with Gasteiger partial charge < -0.3 is 4.90 Å². The van der Waals surface area contributed by atoms with E-state index >= 15 is 0 Å². The molecule has 256 valence electrons. The smallest absolute Gasteiger partial charge is 0.0714 e. The molecule has 6 atom stereocenters. The molecule has 0 N–H and O–H groups in total. The number of anilines is 3. The molecule has 4 fully saturated rings. The minimum atomic E-state index is -0.423. The molecular formula is C51H47N. The Morgan fingerprint density at radius 2 is 0.923 bits per heavy atom. The number of benzene rings is 6. The van der Waals surface area contributed by atoms with E-state index in [2.05, 4.69) is 157 Å². The monoisotopic (exact) mass is 673 g/mol. The van der Waals surface area contributed by atoms with Crippen LogP contribution in [0.25, 0.3) is 11.1 Å². The molecule has 0 radical (unpaired) electrons. The van der Waals surface area contributed by atoms with E-state index < -0.39 is 5.41 Å². The van der Waals surface area contributed by atoms with Gasteiger partial charge in [0.25, 0.3) is 0 Å². The highest BCUT2D eigenvalue weighted by atomic mass is 15.1. The molecule has 6 aromatic carbocycles. The molecule has 5 aliphatic carbocycles. The Bertz CT molecular complexity index is 2120. The van der Waals surface area contributed by atoms with Gasteiger partial charge >= 0.3 is 0 Å². The minimum absolute atomic E-state index is 0.423. The second-order valence-electron chi connectivity index (χ2n) is 16.8. The maximum Gasteiger partial charge on any atom is 0.0714 e. The van der Waals surface area contributed by atoms with Crippen molar-refractivity contribution in [3.8, 4) is 11.1 Å². The molecule has 52 heavy (non-hydrogen) atoms. The third kappa shape index (κ3) is 4.60. The summed E-state index contributed by atoms with van der Waals surface area (Å²) in [4.78, 5) is 2.57. The number of nitrogens with zero attached hydrogens (tertiary/aromatic N) is 1. The van der Waals surface area contributed by atoms with Crippen molar-refractivity contribution < 1.29 is 0 Å². The molecule has 4 saturated carbocycles. The van der Waals surface area contributed by atoms with Crippen LogP contribution in [0.15, 0.2) is 152 Å². The van der Waals surface area contributed by atoms with Crippen molar-refractivity contribution in [1.29, 1.82) is 0 Å². The first-order valence-electron chi connectivity index (χ1n) is 20.1. The summed E-state index contributed by atoms with van der Waals surface area (Å²) < 4.78 is 0. The Kier molecular flexibility index (Phi) is 7.14. The lowest BCUT2D eigenvalue weighted by molar-refractivity contribution is 0.420. The van der Waals surface area contributed by atoms with E-state index in [1.165, 1.54) is 102 Å². The van der Waals surface area contributed by atoms with Crippen molar-refractivity contribution >= 4 is 17.1 Å². The van der Waals surface area contributed by atoms with Gasteiger partial charge in [0.2, 0.25) is 0 Å². The van der Waals surface area contributed by atoms with Crippen LogP contribution in [-0.4, -0.2) is 0 Å². The molecular weight excluding hydrogens is 627 g/mol. The Labute approximate surface area is 309 Å². The zero-order chi connectivity index (χ0) is 34.2. The van der Waals surface area contributed by atoms with Gasteiger partial charge in [-0.1, -0.05) is 134 Å². The first-order chi connectivity index (χ1) is 25.8. The maximum atomic E-state index is 2.57. The Hall–Kier alpha value is -4.88. The third-order valence-corrected chi connectivity index (χ3v) is 14.3. The predicted molar refractivity (Wildman–Crippen MR) is 215 cm³/mol. The molecule has 0 spiro atoms. The zero-order valence-electron chi connectivity index (χ0n) is 30.0. The fraction of sp³-hybridized carbons (Fsp3) is 0.294. The van der Waals surface area contributed by atoms with E-state index in [1.54, 1.807) is 11.1 Å². The lowest BCUT2D eigenvalue weighted by atomic mass is 9.68. The van der Waals surface area contributed by atoms with E-state index in [0.717, 1.165) is 35.5 Å². The lowest BCUT2D eigenvalue weighted by Gasteiger charge is -2.34. The van der Waals surface area contributed by atoms with E-state index in [-0.39, 0.29) is 0 Å². The van der Waals surface area contributed by atoms with Crippen molar-refractivity contribution in [2.45, 2.75) is 68.6 Å². The Balaban J connectivity index is 1.10. The molecule has 6 aromatic rings. The molecule has 0 aromatic heterocycles. The number of hydrogen-bond acceptors (Lipinski definition) is 1. The highest BCUT2D eigenvalue weighted by Crippen LogP contribution is 2.60. The molecule has 0 saturated heterocycles. The van der Waals surface area contributed by atoms with Gasteiger partial charge in [0.1, 0.15) is 0 Å². The Morgan fingerprint density at radius 3 is 1.42 bits per heavy atom. The van der Waals surface area contributed by atoms with Gasteiger partial charge in [-0.3, -0.25) is 0 Å². The summed E-state index contributed by atoms with van der Waals surface area (Å²) in [5.41, 5.74) is 14.4. The normalized spacial score (nSPS) is 26.0. The van der Waals surface area contributed by atoms with Gasteiger partial charge in [-0.25, -0.2) is 0 Å². The van der Waals surface area contributed by atoms with Crippen LogP contribution in [0.1, 0.15) is 96.6 Å². The van der Waals surface area contributed by atoms with Gasteiger partial charge in [0.05, 0.1) is 11.1 Å². The fourth-order valence-corrected chi connectivity index (χ4v) is 12.1. The molecule has 0 aliphatic heterocycles. The molecule has 6 unspecified atom stereocenters. The van der Waals surface area contributed by atoms with Gasteiger partial charge in [-0.15, -0.1) is 0 Å². The van der Waals surface area contributed by atoms with Crippen molar-refractivity contribution in [1.82, 2.24) is 0 Å². The summed E-state index contributed by atoms with van der Waals surface area (Å²) in [6.07, 6.45) is 11.3. The average Bonchev–Trinajstić information content (AvgIpc) is 4.07. The maximum absolute atomic E-state index is 2.57. The summed E-state index contributed by atoms with van der Waals surface area (Å²) in [5.74, 6) is 5.11. The summed E-state index contributed by atoms with van der Waals surface area (Å²) in [6.45, 7) is 0. The summed E-state index contributed by atoms with van der Waals surface area (Å²) in [7, 11) is 0. The second kappa shape index (κ2) is 12.1. The van der Waals surface area contributed by atoms with E-state index in [4.69, 9.17) is 0 Å². The molecule has 0 heterocycles. The van der Waals surface area contributed by atoms with Crippen LogP contribution in [0.3, 0.4) is 0 Å². The van der Waals surface area contributed by atoms with Crippen LogP contribution < -0.4 is 4.90 Å². The molecule has 0 amide bonds. The third-order valence-electron chi connectivity index (χ3n) is 14.3. The van der Waals surface area contributed by atoms with E-state index in [9.17, 15) is 0 Å². The molecule has 5 aliphatic rings. The van der Waals surface area contributed by atoms with Gasteiger partial charge in [0.15, 0.2) is 0 Å². The van der Waals surface area contributed by atoms with Crippen LogP contribution in [0.5, 0.6) is 0 Å². The number of fused-ring (bicyclic) bond motifs is 7. The van der Waals surface area contributed by atoms with Crippen LogP contribution in [0, 0.1) is 23.7 Å². The standard InChI is InChI=1S/C51H47N/c1-3-10-40(11-4-1)51(41-12-5-2-6-13-41)47-15-8-7-14-44(47)50-48(51)16-9-17-49(50)52(42-26-22-36(23-27-42)45-32-34-18-20-38(45)30-34)43-28-24-37(25-29-43)46-33-35-19-21-39(46)31-35/h1-17,22-29,34-35,38-39,45-46H,18-21,30-33H2. The zero-order valence-corrected chi connectivity index (χ0v) is 30.0. The number of hydrogen-bond donors (Lipinski definition) is 0. The summed E-state index contributed by atoms with van der Waals surface area (Å²) >= 11 is 0. The molecule has 1 heteroatoms. The predicted octanol–water partition coefficient (Wildman–Crippen LogP) is 13.3. The van der Waals surface area contributed by atoms with Gasteiger partial charge in [0, 0.05) is 16.9 Å². The first kappa shape index (κ1) is 30.7. The number of rotatable bonds is 7.